The number of aryl methyl sites for hydroxylation is 1. The number of aromatic nitrogens is 1. The minimum atomic E-state index is 0.301. The summed E-state index contributed by atoms with van der Waals surface area (Å²) in [5.74, 6) is 0.301. The Morgan fingerprint density at radius 3 is 2.65 bits per heavy atom. The Balaban J connectivity index is 1.94. The Bertz CT molecular complexity index is 994. The smallest absolute Gasteiger partial charge is 0.211 e. The first-order chi connectivity index (χ1) is 11.2. The van der Waals surface area contributed by atoms with E-state index in [4.69, 9.17) is 12.2 Å². The molecule has 1 aliphatic rings. The van der Waals surface area contributed by atoms with Gasteiger partial charge in [0.05, 0.1) is 4.88 Å². The van der Waals surface area contributed by atoms with Gasteiger partial charge in [-0.1, -0.05) is 36.4 Å². The normalized spacial score (nSPS) is 13.9. The molecule has 4 rings (SSSR count). The van der Waals surface area contributed by atoms with E-state index in [1.165, 1.54) is 33.2 Å². The summed E-state index contributed by atoms with van der Waals surface area (Å²) in [7, 11) is 0. The van der Waals surface area contributed by atoms with Gasteiger partial charge in [0.1, 0.15) is 0 Å². The predicted octanol–water partition coefficient (Wildman–Crippen LogP) is 5.54. The largest absolute Gasteiger partial charge is 0.493 e. The molecule has 1 aromatic heterocycles. The van der Waals surface area contributed by atoms with Crippen LogP contribution in [0.3, 0.4) is 0 Å². The van der Waals surface area contributed by atoms with Crippen LogP contribution in [0, 0.1) is 3.95 Å². The zero-order chi connectivity index (χ0) is 16.0. The van der Waals surface area contributed by atoms with Crippen LogP contribution < -0.4 is 0 Å². The molecule has 0 spiro atoms. The van der Waals surface area contributed by atoms with Gasteiger partial charge in [0, 0.05) is 12.1 Å². The van der Waals surface area contributed by atoms with Crippen molar-refractivity contribution in [3.8, 4) is 5.88 Å². The molecule has 0 saturated heterocycles. The first kappa shape index (κ1) is 14.7. The van der Waals surface area contributed by atoms with E-state index in [0.717, 1.165) is 27.2 Å². The standard InChI is InChI=1S/C19H17NOS2/c1-2-20-18(21)17(23-19(20)22)15-9-5-8-14-10-12-6-3-4-7-13(12)11-16(14)15/h3-4,6-7,9-11,21H,2,5,8H2,1H3. The number of allylic oxidation sites excluding steroid dienone is 1. The van der Waals surface area contributed by atoms with Crippen LogP contribution in [-0.4, -0.2) is 9.67 Å². The van der Waals surface area contributed by atoms with Crippen molar-refractivity contribution < 1.29 is 5.11 Å². The number of aromatic hydroxyl groups is 1. The lowest BCUT2D eigenvalue weighted by Gasteiger charge is -2.18. The lowest BCUT2D eigenvalue weighted by atomic mass is 9.88. The fraction of sp³-hybridized carbons (Fsp3) is 0.211. The van der Waals surface area contributed by atoms with Gasteiger partial charge in [0.25, 0.3) is 0 Å². The Morgan fingerprint density at radius 2 is 1.96 bits per heavy atom. The molecule has 0 saturated carbocycles. The molecule has 2 nitrogen and oxygen atoms in total. The fourth-order valence-corrected chi connectivity index (χ4v) is 4.76. The van der Waals surface area contributed by atoms with Crippen molar-refractivity contribution in [2.24, 2.45) is 0 Å². The van der Waals surface area contributed by atoms with E-state index in [9.17, 15) is 5.11 Å². The number of hydrogen-bond acceptors (Lipinski definition) is 3. The number of rotatable bonds is 2. The molecule has 116 valence electrons. The molecule has 0 atom stereocenters. The van der Waals surface area contributed by atoms with Crippen LogP contribution in [0.15, 0.2) is 42.5 Å². The Morgan fingerprint density at radius 1 is 1.22 bits per heavy atom. The molecule has 1 aliphatic carbocycles. The van der Waals surface area contributed by atoms with Crippen molar-refractivity contribution in [3.63, 3.8) is 0 Å². The fourth-order valence-electron chi connectivity index (χ4n) is 3.29. The molecule has 0 amide bonds. The maximum absolute atomic E-state index is 10.6. The quantitative estimate of drug-likeness (QED) is 0.621. The molecule has 0 unspecified atom stereocenters. The van der Waals surface area contributed by atoms with Crippen molar-refractivity contribution in [3.05, 3.63) is 62.4 Å². The SMILES string of the molecule is CCn1c(O)c(C2=CCCc3cc4ccccc4cc32)sc1=S. The molecule has 0 radical (unpaired) electrons. The molecule has 23 heavy (non-hydrogen) atoms. The summed E-state index contributed by atoms with van der Waals surface area (Å²) >= 11 is 6.90. The third kappa shape index (κ3) is 2.33. The summed E-state index contributed by atoms with van der Waals surface area (Å²) in [5.41, 5.74) is 3.70. The first-order valence-electron chi connectivity index (χ1n) is 7.84. The van der Waals surface area contributed by atoms with Gasteiger partial charge in [0.15, 0.2) is 3.95 Å². The van der Waals surface area contributed by atoms with E-state index in [1.807, 2.05) is 6.92 Å². The van der Waals surface area contributed by atoms with E-state index in [0.29, 0.717) is 12.4 Å². The highest BCUT2D eigenvalue weighted by Gasteiger charge is 2.21. The van der Waals surface area contributed by atoms with Gasteiger partial charge in [0.2, 0.25) is 5.88 Å². The maximum atomic E-state index is 10.6. The second-order valence-corrected chi connectivity index (χ2v) is 7.42. The Kier molecular flexibility index (Phi) is 3.58. The van der Waals surface area contributed by atoms with Crippen molar-refractivity contribution >= 4 is 39.9 Å². The van der Waals surface area contributed by atoms with Crippen LogP contribution in [0.25, 0.3) is 16.3 Å². The number of fused-ring (bicyclic) bond motifs is 2. The topological polar surface area (TPSA) is 25.2 Å². The van der Waals surface area contributed by atoms with E-state index < -0.39 is 0 Å². The minimum Gasteiger partial charge on any atom is -0.493 e. The van der Waals surface area contributed by atoms with Crippen molar-refractivity contribution in [1.82, 2.24) is 4.57 Å². The van der Waals surface area contributed by atoms with Crippen LogP contribution in [0.1, 0.15) is 29.3 Å². The van der Waals surface area contributed by atoms with E-state index in [2.05, 4.69) is 42.5 Å². The minimum absolute atomic E-state index is 0.301. The van der Waals surface area contributed by atoms with Gasteiger partial charge in [-0.15, -0.1) is 11.3 Å². The number of nitrogens with zero attached hydrogens (tertiary/aromatic N) is 1. The Hall–Kier alpha value is -1.91. The molecule has 2 aromatic carbocycles. The van der Waals surface area contributed by atoms with Crippen molar-refractivity contribution in [2.45, 2.75) is 26.3 Å². The summed E-state index contributed by atoms with van der Waals surface area (Å²) < 4.78 is 2.53. The van der Waals surface area contributed by atoms with E-state index in [-0.39, 0.29) is 0 Å². The zero-order valence-electron chi connectivity index (χ0n) is 12.9. The summed E-state index contributed by atoms with van der Waals surface area (Å²) in [6, 6.07) is 13.0. The molecule has 0 fully saturated rings. The van der Waals surface area contributed by atoms with Crippen LogP contribution in [0.2, 0.25) is 0 Å². The molecular weight excluding hydrogens is 322 g/mol. The zero-order valence-corrected chi connectivity index (χ0v) is 14.5. The lowest BCUT2D eigenvalue weighted by molar-refractivity contribution is 0.419. The summed E-state index contributed by atoms with van der Waals surface area (Å²) in [6.45, 7) is 2.70. The third-order valence-corrected chi connectivity index (χ3v) is 5.93. The summed E-state index contributed by atoms with van der Waals surface area (Å²) in [5, 5.41) is 13.1. The molecule has 4 heteroatoms. The van der Waals surface area contributed by atoms with Gasteiger partial charge in [-0.05, 0) is 59.9 Å². The number of thiazole rings is 1. The van der Waals surface area contributed by atoms with Crippen LogP contribution >= 0.6 is 23.6 Å². The second kappa shape index (κ2) is 5.62. The van der Waals surface area contributed by atoms with Gasteiger partial charge in [-0.3, -0.25) is 4.57 Å². The molecule has 0 bridgehead atoms. The average molecular weight is 339 g/mol. The van der Waals surface area contributed by atoms with Crippen LogP contribution in [-0.2, 0) is 13.0 Å². The second-order valence-electron chi connectivity index (χ2n) is 5.78. The molecule has 1 N–H and O–H groups in total. The van der Waals surface area contributed by atoms with Crippen LogP contribution in [0.5, 0.6) is 5.88 Å². The van der Waals surface area contributed by atoms with E-state index in [1.54, 1.807) is 4.57 Å². The third-order valence-electron chi connectivity index (χ3n) is 4.45. The van der Waals surface area contributed by atoms with Crippen molar-refractivity contribution in [2.75, 3.05) is 0 Å². The van der Waals surface area contributed by atoms with Gasteiger partial charge in [-0.25, -0.2) is 0 Å². The van der Waals surface area contributed by atoms with Crippen LogP contribution in [0.4, 0.5) is 0 Å². The Labute approximate surface area is 144 Å². The monoisotopic (exact) mass is 339 g/mol. The van der Waals surface area contributed by atoms with Gasteiger partial charge < -0.3 is 5.11 Å². The molecule has 1 heterocycles. The van der Waals surface area contributed by atoms with E-state index >= 15 is 0 Å². The number of hydrogen-bond donors (Lipinski definition) is 1. The maximum Gasteiger partial charge on any atom is 0.211 e. The summed E-state index contributed by atoms with van der Waals surface area (Å²) in [6.07, 6.45) is 4.28. The summed E-state index contributed by atoms with van der Waals surface area (Å²) in [4.78, 5) is 0.896. The highest BCUT2D eigenvalue weighted by atomic mass is 32.1. The molecule has 3 aromatic rings. The predicted molar refractivity (Wildman–Crippen MR) is 99.8 cm³/mol. The first-order valence-corrected chi connectivity index (χ1v) is 9.06. The lowest BCUT2D eigenvalue weighted by Crippen LogP contribution is -2.01. The number of benzene rings is 2. The molecular formula is C19H17NOS2. The molecule has 0 aliphatic heterocycles. The highest BCUT2D eigenvalue weighted by Crippen LogP contribution is 2.41. The highest BCUT2D eigenvalue weighted by molar-refractivity contribution is 7.73. The van der Waals surface area contributed by atoms with Crippen molar-refractivity contribution in [1.29, 1.82) is 0 Å². The van der Waals surface area contributed by atoms with Gasteiger partial charge >= 0.3 is 0 Å². The average Bonchev–Trinajstić information content (AvgIpc) is 2.86. The van der Waals surface area contributed by atoms with Gasteiger partial charge in [-0.2, -0.15) is 0 Å².